The van der Waals surface area contributed by atoms with Crippen LogP contribution in [0.4, 0.5) is 0 Å². The van der Waals surface area contributed by atoms with Crippen molar-refractivity contribution < 1.29 is 39.5 Å². The minimum absolute atomic E-state index is 0.129. The van der Waals surface area contributed by atoms with Crippen molar-refractivity contribution in [1.82, 2.24) is 5.32 Å². The maximum Gasteiger partial charge on any atom is 0.335 e. The van der Waals surface area contributed by atoms with Crippen LogP contribution in [0.25, 0.3) is 0 Å². The Morgan fingerprint density at radius 3 is 2.52 bits per heavy atom. The number of methoxy groups -OCH3 is 1. The maximum atomic E-state index is 11.5. The number of ether oxygens (including phenoxy) is 2. The summed E-state index contributed by atoms with van der Waals surface area (Å²) in [4.78, 5) is 22.7. The molecule has 1 aliphatic heterocycles. The number of hydrogen-bond acceptors (Lipinski definition) is 8. The summed E-state index contributed by atoms with van der Waals surface area (Å²) < 4.78 is 9.85. The lowest BCUT2D eigenvalue weighted by Crippen LogP contribution is -2.63. The first-order chi connectivity index (χ1) is 9.81. The number of carbonyl (C=O) groups excluding carboxylic acids is 2. The standard InChI is InChI=1S/C12H21NO8/c1-5(15)13-9-6(16)3-8(12(19)20-2)21-11(9)10(18)7(17)4-14/h6-11,14,16-18H,3-4H2,1-2H3,(H,13,15)/t6?,7?,8-,9+,10+,11?/m0/s1. The van der Waals surface area contributed by atoms with Crippen molar-refractivity contribution in [2.45, 2.75) is 49.9 Å². The number of hydrogen-bond donors (Lipinski definition) is 5. The van der Waals surface area contributed by atoms with Gasteiger partial charge in [-0.25, -0.2) is 4.79 Å². The van der Waals surface area contributed by atoms with Crippen molar-refractivity contribution in [3.8, 4) is 0 Å². The van der Waals surface area contributed by atoms with Gasteiger partial charge in [0.05, 0.1) is 25.9 Å². The van der Waals surface area contributed by atoms with Crippen molar-refractivity contribution in [2.24, 2.45) is 0 Å². The Labute approximate surface area is 121 Å². The molecule has 5 N–H and O–H groups in total. The summed E-state index contributed by atoms with van der Waals surface area (Å²) in [7, 11) is 1.14. The Kier molecular flexibility index (Phi) is 6.49. The normalized spacial score (nSPS) is 32.1. The van der Waals surface area contributed by atoms with Gasteiger partial charge >= 0.3 is 5.97 Å². The molecule has 0 spiro atoms. The minimum Gasteiger partial charge on any atom is -0.467 e. The minimum atomic E-state index is -1.60. The SMILES string of the molecule is COC(=O)[C@@H]1CC(O)[C@@H](NC(C)=O)C([C@H](O)C(O)CO)O1. The van der Waals surface area contributed by atoms with Crippen molar-refractivity contribution >= 4 is 11.9 Å². The molecule has 1 amide bonds. The molecule has 0 aromatic carbocycles. The molecule has 21 heavy (non-hydrogen) atoms. The number of carbonyl (C=O) groups is 2. The molecule has 9 nitrogen and oxygen atoms in total. The second-order valence-electron chi connectivity index (χ2n) is 4.88. The van der Waals surface area contributed by atoms with E-state index < -0.39 is 55.0 Å². The number of nitrogens with one attached hydrogen (secondary N) is 1. The van der Waals surface area contributed by atoms with Gasteiger partial charge in [0.25, 0.3) is 0 Å². The van der Waals surface area contributed by atoms with Crippen LogP contribution in [0.1, 0.15) is 13.3 Å². The van der Waals surface area contributed by atoms with E-state index in [1.807, 2.05) is 0 Å². The molecule has 0 radical (unpaired) electrons. The van der Waals surface area contributed by atoms with Crippen LogP contribution in [0.3, 0.4) is 0 Å². The predicted octanol–water partition coefficient (Wildman–Crippen LogP) is -3.10. The van der Waals surface area contributed by atoms with Crippen molar-refractivity contribution in [3.63, 3.8) is 0 Å². The molecule has 0 aromatic rings. The number of aliphatic hydroxyl groups is 4. The number of amides is 1. The average Bonchev–Trinajstić information content (AvgIpc) is 2.46. The van der Waals surface area contributed by atoms with Gasteiger partial charge in [0.15, 0.2) is 6.10 Å². The summed E-state index contributed by atoms with van der Waals surface area (Å²) in [6, 6.07) is -1.03. The van der Waals surface area contributed by atoms with Crippen molar-refractivity contribution in [3.05, 3.63) is 0 Å². The van der Waals surface area contributed by atoms with Crippen LogP contribution in [0.5, 0.6) is 0 Å². The zero-order chi connectivity index (χ0) is 16.2. The monoisotopic (exact) mass is 307 g/mol. The molecule has 0 bridgehead atoms. The van der Waals surface area contributed by atoms with Crippen molar-refractivity contribution in [2.75, 3.05) is 13.7 Å². The third kappa shape index (κ3) is 4.35. The highest BCUT2D eigenvalue weighted by Gasteiger charge is 2.46. The summed E-state index contributed by atoms with van der Waals surface area (Å²) in [6.45, 7) is 0.470. The molecule has 0 saturated carbocycles. The number of rotatable bonds is 5. The topological polar surface area (TPSA) is 146 Å². The lowest BCUT2D eigenvalue weighted by molar-refractivity contribution is -0.197. The molecule has 9 heteroatoms. The van der Waals surface area contributed by atoms with Gasteiger partial charge in [0.2, 0.25) is 5.91 Å². The molecule has 122 valence electrons. The predicted molar refractivity (Wildman–Crippen MR) is 68.0 cm³/mol. The summed E-state index contributed by atoms with van der Waals surface area (Å²) >= 11 is 0. The lowest BCUT2D eigenvalue weighted by atomic mass is 9.90. The van der Waals surface area contributed by atoms with Gasteiger partial charge in [-0.1, -0.05) is 0 Å². The van der Waals surface area contributed by atoms with Gasteiger partial charge in [-0.15, -0.1) is 0 Å². The number of esters is 1. The first-order valence-electron chi connectivity index (χ1n) is 6.47. The van der Waals surface area contributed by atoms with E-state index in [1.54, 1.807) is 0 Å². The van der Waals surface area contributed by atoms with E-state index in [9.17, 15) is 24.9 Å². The van der Waals surface area contributed by atoms with Gasteiger partial charge < -0.3 is 35.2 Å². The fraction of sp³-hybridized carbons (Fsp3) is 0.833. The second kappa shape index (κ2) is 7.66. The van der Waals surface area contributed by atoms with Crippen molar-refractivity contribution in [1.29, 1.82) is 0 Å². The largest absolute Gasteiger partial charge is 0.467 e. The van der Waals surface area contributed by atoms with Gasteiger partial charge in [0.1, 0.15) is 18.3 Å². The zero-order valence-corrected chi connectivity index (χ0v) is 11.8. The van der Waals surface area contributed by atoms with Crippen LogP contribution in [0.2, 0.25) is 0 Å². The fourth-order valence-corrected chi connectivity index (χ4v) is 2.23. The lowest BCUT2D eigenvalue weighted by Gasteiger charge is -2.41. The van der Waals surface area contributed by atoms with E-state index in [4.69, 9.17) is 9.84 Å². The zero-order valence-electron chi connectivity index (χ0n) is 11.8. The van der Waals surface area contributed by atoms with Crippen LogP contribution in [0.15, 0.2) is 0 Å². The fourth-order valence-electron chi connectivity index (χ4n) is 2.23. The molecule has 6 atom stereocenters. The van der Waals surface area contributed by atoms with Gasteiger partial charge in [-0.05, 0) is 0 Å². The van der Waals surface area contributed by atoms with Gasteiger partial charge in [0, 0.05) is 13.3 Å². The Hall–Kier alpha value is -1.26. The highest BCUT2D eigenvalue weighted by Crippen LogP contribution is 2.25. The van der Waals surface area contributed by atoms with Gasteiger partial charge in [-0.2, -0.15) is 0 Å². The molecule has 0 aliphatic carbocycles. The van der Waals surface area contributed by atoms with Gasteiger partial charge in [-0.3, -0.25) is 4.79 Å². The van der Waals surface area contributed by atoms with E-state index in [0.717, 1.165) is 7.11 Å². The van der Waals surface area contributed by atoms with E-state index >= 15 is 0 Å². The molecule has 1 rings (SSSR count). The van der Waals surface area contributed by atoms with E-state index in [2.05, 4.69) is 10.1 Å². The highest BCUT2D eigenvalue weighted by molar-refractivity contribution is 5.75. The summed E-state index contributed by atoms with van der Waals surface area (Å²) in [5.41, 5.74) is 0. The highest BCUT2D eigenvalue weighted by atomic mass is 16.6. The molecule has 0 aromatic heterocycles. The van der Waals surface area contributed by atoms with E-state index in [0.29, 0.717) is 0 Å². The Bertz CT molecular complexity index is 376. The Morgan fingerprint density at radius 2 is 2.05 bits per heavy atom. The van der Waals surface area contributed by atoms with Crippen LogP contribution in [0, 0.1) is 0 Å². The van der Waals surface area contributed by atoms with Crippen LogP contribution < -0.4 is 5.32 Å². The second-order valence-corrected chi connectivity index (χ2v) is 4.88. The van der Waals surface area contributed by atoms with E-state index in [-0.39, 0.29) is 6.42 Å². The first-order valence-corrected chi connectivity index (χ1v) is 6.47. The Balaban J connectivity index is 2.96. The van der Waals surface area contributed by atoms with Crippen LogP contribution in [-0.4, -0.2) is 82.6 Å². The third-order valence-electron chi connectivity index (χ3n) is 3.30. The summed E-state index contributed by atoms with van der Waals surface area (Å²) in [5.74, 6) is -1.22. The molecule has 1 saturated heterocycles. The van der Waals surface area contributed by atoms with Crippen LogP contribution >= 0.6 is 0 Å². The third-order valence-corrected chi connectivity index (χ3v) is 3.30. The Morgan fingerprint density at radius 1 is 1.43 bits per heavy atom. The first kappa shape index (κ1) is 17.8. The van der Waals surface area contributed by atoms with E-state index in [1.165, 1.54) is 6.92 Å². The molecule has 3 unspecified atom stereocenters. The van der Waals surface area contributed by atoms with Crippen LogP contribution in [-0.2, 0) is 19.1 Å². The summed E-state index contributed by atoms with van der Waals surface area (Å²) in [5, 5.41) is 40.8. The molecule has 1 fully saturated rings. The molecule has 1 heterocycles. The molecular weight excluding hydrogens is 286 g/mol. The summed E-state index contributed by atoms with van der Waals surface area (Å²) in [6.07, 6.45) is -6.87. The maximum absolute atomic E-state index is 11.5. The average molecular weight is 307 g/mol. The smallest absolute Gasteiger partial charge is 0.335 e. The molecular formula is C12H21NO8. The number of aliphatic hydroxyl groups excluding tert-OH is 4. The quantitative estimate of drug-likeness (QED) is 0.336. The molecule has 1 aliphatic rings.